The molecule has 134 heavy (non-hydrogen) atoms. The van der Waals surface area contributed by atoms with Crippen molar-refractivity contribution in [1.29, 1.82) is 10.5 Å². The Morgan fingerprint density at radius 2 is 0.881 bits per heavy atom. The van der Waals surface area contributed by atoms with Crippen molar-refractivity contribution in [1.82, 2.24) is 41.0 Å². The molecule has 6 N–H and O–H groups in total. The van der Waals surface area contributed by atoms with Crippen molar-refractivity contribution in [2.24, 2.45) is 22.7 Å². The Morgan fingerprint density at radius 3 is 1.25 bits per heavy atom. The van der Waals surface area contributed by atoms with Gasteiger partial charge in [0.1, 0.15) is 60.1 Å². The fourth-order valence-electron chi connectivity index (χ4n) is 17.2. The van der Waals surface area contributed by atoms with E-state index in [0.29, 0.717) is 132 Å². The van der Waals surface area contributed by atoms with Crippen LogP contribution in [0.5, 0.6) is 11.5 Å². The number of ether oxygens (including phenoxy) is 6. The van der Waals surface area contributed by atoms with E-state index in [9.17, 15) is 39.0 Å². The number of nitriles is 2. The van der Waals surface area contributed by atoms with Crippen LogP contribution in [0, 0.1) is 71.9 Å². The molecule has 0 bridgehead atoms. The highest BCUT2D eigenvalue weighted by Crippen LogP contribution is 2.41. The molecule has 12 rings (SSSR count). The lowest BCUT2D eigenvalue weighted by atomic mass is 9.86. The third-order valence-corrected chi connectivity index (χ3v) is 27.8. The van der Waals surface area contributed by atoms with Crippen LogP contribution in [0.1, 0.15) is 186 Å². The summed E-state index contributed by atoms with van der Waals surface area (Å²) in [5, 5.41) is 54.9. The lowest BCUT2D eigenvalue weighted by Gasteiger charge is -2.38. The number of amides is 4. The molecule has 720 valence electrons. The van der Waals surface area contributed by atoms with Gasteiger partial charge in [0.15, 0.2) is 10.2 Å². The minimum absolute atomic E-state index is 0.0117. The van der Waals surface area contributed by atoms with E-state index in [2.05, 4.69) is 151 Å². The monoisotopic (exact) mass is 1910 g/mol. The maximum atomic E-state index is 14.4. The van der Waals surface area contributed by atoms with Crippen LogP contribution >= 0.6 is 47.1 Å². The van der Waals surface area contributed by atoms with Crippen molar-refractivity contribution in [3.63, 3.8) is 0 Å². The number of hydrogen-bond donors (Lipinski definition) is 6. The molecule has 0 aliphatic carbocycles. The summed E-state index contributed by atoms with van der Waals surface area (Å²) < 4.78 is 49.5. The van der Waals surface area contributed by atoms with Crippen LogP contribution in [0.25, 0.3) is 20.9 Å². The predicted molar refractivity (Wildman–Crippen MR) is 536 cm³/mol. The van der Waals surface area contributed by atoms with Gasteiger partial charge in [-0.05, 0) is 273 Å². The molecule has 8 aromatic rings. The Balaban J connectivity index is 0.000000258. The quantitative estimate of drug-likeness (QED) is 0.0117. The fourth-order valence-corrected chi connectivity index (χ4v) is 19.9. The minimum Gasteiger partial charge on any atom is -0.494 e. The topological polar surface area (TPSA) is 305 Å². The number of rotatable bonds is 46. The van der Waals surface area contributed by atoms with Crippen LogP contribution in [-0.4, -0.2) is 204 Å². The lowest BCUT2D eigenvalue weighted by Crippen LogP contribution is -2.55. The average Bonchev–Trinajstić information content (AvgIpc) is 1.59. The molecular weight excluding hydrogens is 1770 g/mol. The second-order valence-corrected chi connectivity index (χ2v) is 41.1. The highest BCUT2D eigenvalue weighted by atomic mass is 32.1. The second kappa shape index (κ2) is 48.9. The van der Waals surface area contributed by atoms with Crippen molar-refractivity contribution in [3.8, 4) is 44.5 Å². The van der Waals surface area contributed by atoms with Crippen molar-refractivity contribution >= 4 is 104 Å². The van der Waals surface area contributed by atoms with Crippen molar-refractivity contribution in [3.05, 3.63) is 190 Å². The number of benzene rings is 6. The number of nitrogens with one attached hydrogen (secondary N) is 4. The van der Waals surface area contributed by atoms with Gasteiger partial charge in [-0.3, -0.25) is 49.4 Å². The zero-order chi connectivity index (χ0) is 96.6. The van der Waals surface area contributed by atoms with Crippen LogP contribution in [0.2, 0.25) is 0 Å². The van der Waals surface area contributed by atoms with Crippen LogP contribution in [0.15, 0.2) is 144 Å². The van der Waals surface area contributed by atoms with Gasteiger partial charge in [-0.15, -0.1) is 22.7 Å². The van der Waals surface area contributed by atoms with E-state index in [-0.39, 0.29) is 88.2 Å². The van der Waals surface area contributed by atoms with Gasteiger partial charge in [0.2, 0.25) is 11.8 Å². The number of hydrogen-bond acceptors (Lipinski definition) is 24. The van der Waals surface area contributed by atoms with Gasteiger partial charge in [0, 0.05) is 114 Å². The summed E-state index contributed by atoms with van der Waals surface area (Å²) in [6, 6.07) is 44.7. The summed E-state index contributed by atoms with van der Waals surface area (Å²) >= 11 is 14.8. The molecule has 4 aliphatic heterocycles. The molecule has 2 aromatic heterocycles. The number of likely N-dealkylation sites (tertiary alicyclic amines) is 2. The number of unbranched alkanes of at least 4 members (excludes halogenated alkanes) is 4. The first-order chi connectivity index (χ1) is 63.9. The molecule has 4 aliphatic rings. The van der Waals surface area contributed by atoms with Crippen molar-refractivity contribution in [2.75, 3.05) is 112 Å². The summed E-state index contributed by atoms with van der Waals surface area (Å²) in [7, 11) is 0. The molecular formula is C103H135FN14O12S4. The molecule has 4 amide bonds. The summed E-state index contributed by atoms with van der Waals surface area (Å²) in [5.41, 5.74) is 11.6. The summed E-state index contributed by atoms with van der Waals surface area (Å²) in [5.74, 6) is 0.851. The zero-order valence-electron chi connectivity index (χ0n) is 80.3. The Hall–Kier alpha value is -9.65. The van der Waals surface area contributed by atoms with Crippen LogP contribution in [0.4, 0.5) is 27.1 Å². The lowest BCUT2D eigenvalue weighted by molar-refractivity contribution is -0.128. The third-order valence-electron chi connectivity index (χ3n) is 25.1. The number of aliphatic hydroxyl groups excluding tert-OH is 2. The first-order valence-corrected chi connectivity index (χ1v) is 49.3. The van der Waals surface area contributed by atoms with Gasteiger partial charge in [-0.2, -0.15) is 10.5 Å². The van der Waals surface area contributed by atoms with E-state index in [1.807, 2.05) is 105 Å². The molecule has 26 nitrogen and oxygen atoms in total. The number of halogens is 1. The standard InChI is InChI=1S/C52H69N7O6S2.C51H66FN7O6S2/c1-35-27-44(48(61)54-30-38-13-15-39(16-14-38)47-37(3)55-34-67-47)57(31-35)32-45(51(4,5)6)56-46(60)33-64-25-12-24-63-23-10-9-11-26-65-43-21-19-41(20-22-43)59-50(66)58(49(62)52(59,7)8)42-18-17-40(29-53)36(2)28-42;1-34-26-43(47(61)54-29-36-12-14-37(15-13-36)46-35(2)55-33-67-46)57(30-34)31-44(50(3,4)5)56-45(60)32-64-24-11-23-63-22-9-8-10-25-65-41-20-18-39(19-21-41)59-49(66)58(48(62)51(59,6)7)40-17-16-38(28-53)42(52)27-40/h13-22,28,34-35,44-45,48,54,61H,9-12,23-27,30-33H2,1-8H3,(H,56,60);12-21,27,33-34,43-44,47,54,61H,8-11,22-26,29-32H2,1-7H3,(H,56,60)/t35-,44+,45-,48?;34-,43+,44-,47?/m11/s1. The molecule has 0 radical (unpaired) electrons. The van der Waals surface area contributed by atoms with Gasteiger partial charge in [0.05, 0.1) is 73.9 Å². The number of thiazole rings is 2. The van der Waals surface area contributed by atoms with E-state index in [1.54, 1.807) is 64.5 Å². The molecule has 8 atom stereocenters. The average molecular weight is 1910 g/mol. The van der Waals surface area contributed by atoms with Gasteiger partial charge >= 0.3 is 0 Å². The summed E-state index contributed by atoms with van der Waals surface area (Å²) in [6.45, 7) is 38.7. The van der Waals surface area contributed by atoms with Crippen LogP contribution in [0.3, 0.4) is 0 Å². The van der Waals surface area contributed by atoms with Crippen LogP contribution < -0.4 is 50.3 Å². The van der Waals surface area contributed by atoms with E-state index in [0.717, 1.165) is 121 Å². The highest BCUT2D eigenvalue weighted by Gasteiger charge is 2.52. The van der Waals surface area contributed by atoms with Gasteiger partial charge in [-0.25, -0.2) is 14.4 Å². The maximum absolute atomic E-state index is 14.4. The largest absolute Gasteiger partial charge is 0.494 e. The molecule has 6 heterocycles. The molecule has 0 saturated carbocycles. The van der Waals surface area contributed by atoms with Gasteiger partial charge < -0.3 is 59.1 Å². The van der Waals surface area contributed by atoms with Gasteiger partial charge in [-0.1, -0.05) is 104 Å². The number of thiocarbonyl (C=S) groups is 2. The Kier molecular flexibility index (Phi) is 38.2. The van der Waals surface area contributed by atoms with Crippen molar-refractivity contribution in [2.45, 2.75) is 229 Å². The van der Waals surface area contributed by atoms with Crippen molar-refractivity contribution < 1.29 is 62.2 Å². The van der Waals surface area contributed by atoms with E-state index in [1.165, 1.54) is 26.8 Å². The molecule has 4 fully saturated rings. The second-order valence-electron chi connectivity index (χ2n) is 38.6. The first kappa shape index (κ1) is 105. The van der Waals surface area contributed by atoms with E-state index >= 15 is 0 Å². The number of aliphatic hydroxyl groups is 2. The molecule has 4 saturated heterocycles. The highest BCUT2D eigenvalue weighted by molar-refractivity contribution is 7.81. The smallest absolute Gasteiger partial charge is 0.259 e. The number of carbonyl (C=O) groups is 4. The Labute approximate surface area is 809 Å². The molecule has 6 aromatic carbocycles. The minimum atomic E-state index is -1.02. The number of aryl methyl sites for hydroxylation is 3. The number of aromatic nitrogens is 2. The molecule has 31 heteroatoms. The SMILES string of the molecule is Cc1cc(N2C(=O)C(C)(C)N(c3ccc(OCCCCCOCCCOCC(=O)N[C@H](CN4C[C@H](C)C[C@H]4C(O)NCc4ccc(-c5scnc5C)cc4)C(C)(C)C)cc3)C2=S)ccc1C#N.Cc1ncsc1-c1ccc(CNC(O)[C@@H]2C[C@@H](C)CN2C[C@@H](NC(=O)COCCCOCCCCCOc2ccc(N3C(=S)N(c4ccc(C#N)c(F)c4)C(=O)C3(C)C)cc2)C(C)(C)C)cc1. The molecule has 0 spiro atoms. The number of carbonyl (C=O) groups excluding carboxylic acids is 4. The summed E-state index contributed by atoms with van der Waals surface area (Å²) in [6.07, 6.45) is 7.15. The van der Waals surface area contributed by atoms with E-state index < -0.39 is 29.4 Å². The number of anilines is 4. The van der Waals surface area contributed by atoms with E-state index in [4.69, 9.17) is 58.1 Å². The van der Waals surface area contributed by atoms with Gasteiger partial charge in [0.25, 0.3) is 11.8 Å². The predicted octanol–water partition coefficient (Wildman–Crippen LogP) is 16.9. The number of nitrogens with zero attached hydrogens (tertiary/aromatic N) is 10. The maximum Gasteiger partial charge on any atom is 0.259 e. The Morgan fingerprint density at radius 1 is 0.515 bits per heavy atom. The molecule has 2 unspecified atom stereocenters. The zero-order valence-corrected chi connectivity index (χ0v) is 83.6. The first-order valence-electron chi connectivity index (χ1n) is 46.7. The third kappa shape index (κ3) is 28.3. The Bertz CT molecular complexity index is 4980. The van der Waals surface area contributed by atoms with Crippen LogP contribution in [-0.2, 0) is 51.2 Å². The summed E-state index contributed by atoms with van der Waals surface area (Å²) in [4.78, 5) is 75.3. The normalized spacial score (nSPS) is 18.3. The fraction of sp³-hybridized carbons (Fsp3) is 0.515.